The largest absolute Gasteiger partial charge is 0.399 e. The van der Waals surface area contributed by atoms with Crippen molar-refractivity contribution in [2.75, 3.05) is 5.73 Å². The molecule has 1 aliphatic rings. The Labute approximate surface area is 133 Å². The molecule has 1 saturated carbocycles. The second-order valence-corrected chi connectivity index (χ2v) is 6.64. The van der Waals surface area contributed by atoms with Crippen LogP contribution in [0.2, 0.25) is 0 Å². The summed E-state index contributed by atoms with van der Waals surface area (Å²) in [5.41, 5.74) is 7.58. The lowest BCUT2D eigenvalue weighted by Gasteiger charge is -2.28. The van der Waals surface area contributed by atoms with Crippen LogP contribution in [0.3, 0.4) is 0 Å². The molecular weight excluding hydrogens is 330 g/mol. The quantitative estimate of drug-likeness (QED) is 0.855. The number of nitrogens with two attached hydrogens (primary N) is 1. The Morgan fingerprint density at radius 2 is 2.24 bits per heavy atom. The molecule has 2 N–H and O–H groups in total. The molecule has 0 aliphatic heterocycles. The normalized spacial score (nSPS) is 22.4. The van der Waals surface area contributed by atoms with Crippen LogP contribution in [0.1, 0.15) is 45.1 Å². The van der Waals surface area contributed by atoms with Gasteiger partial charge in [0.1, 0.15) is 0 Å². The maximum atomic E-state index is 5.91. The van der Waals surface area contributed by atoms with E-state index in [2.05, 4.69) is 38.4 Å². The number of halogens is 1. The van der Waals surface area contributed by atoms with Crippen molar-refractivity contribution in [2.24, 2.45) is 5.92 Å². The molecule has 0 radical (unpaired) electrons. The predicted molar refractivity (Wildman–Crippen MR) is 86.7 cm³/mol. The van der Waals surface area contributed by atoms with Gasteiger partial charge in [0.25, 0.3) is 0 Å². The zero-order valence-corrected chi connectivity index (χ0v) is 13.8. The Kier molecular flexibility index (Phi) is 4.24. The molecule has 1 aromatic heterocycles. The van der Waals surface area contributed by atoms with Gasteiger partial charge in [-0.3, -0.25) is 0 Å². The van der Waals surface area contributed by atoms with Gasteiger partial charge in [-0.2, -0.15) is 0 Å². The lowest BCUT2D eigenvalue weighted by atomic mass is 9.84. The average molecular weight is 350 g/mol. The van der Waals surface area contributed by atoms with Gasteiger partial charge in [0.2, 0.25) is 0 Å². The molecule has 0 spiro atoms. The van der Waals surface area contributed by atoms with E-state index in [0.717, 1.165) is 40.3 Å². The summed E-state index contributed by atoms with van der Waals surface area (Å²) >= 11 is 3.57. The van der Waals surface area contributed by atoms with Crippen LogP contribution in [0.4, 0.5) is 5.69 Å². The molecule has 0 saturated heterocycles. The van der Waals surface area contributed by atoms with Crippen LogP contribution in [0.15, 0.2) is 22.7 Å². The van der Waals surface area contributed by atoms with Gasteiger partial charge >= 0.3 is 0 Å². The fraction of sp³-hybridized carbons (Fsp3) is 0.533. The summed E-state index contributed by atoms with van der Waals surface area (Å²) in [6.45, 7) is 2.27. The van der Waals surface area contributed by atoms with Gasteiger partial charge in [-0.15, -0.1) is 5.10 Å². The molecule has 21 heavy (non-hydrogen) atoms. The van der Waals surface area contributed by atoms with E-state index in [4.69, 9.17) is 5.73 Å². The lowest BCUT2D eigenvalue weighted by molar-refractivity contribution is 0.246. The summed E-state index contributed by atoms with van der Waals surface area (Å²) in [4.78, 5) is 0. The lowest BCUT2D eigenvalue weighted by Crippen LogP contribution is -2.20. The van der Waals surface area contributed by atoms with Crippen LogP contribution in [-0.4, -0.2) is 20.2 Å². The highest BCUT2D eigenvalue weighted by molar-refractivity contribution is 9.10. The topological polar surface area (TPSA) is 69.6 Å². The van der Waals surface area contributed by atoms with Crippen molar-refractivity contribution < 1.29 is 0 Å². The summed E-state index contributed by atoms with van der Waals surface area (Å²) in [5.74, 6) is 1.58. The molecule has 1 aliphatic carbocycles. The minimum Gasteiger partial charge on any atom is -0.399 e. The number of tetrazole rings is 1. The smallest absolute Gasteiger partial charge is 0.183 e. The van der Waals surface area contributed by atoms with Crippen molar-refractivity contribution in [1.82, 2.24) is 20.2 Å². The molecule has 0 bridgehead atoms. The van der Waals surface area contributed by atoms with Crippen LogP contribution in [0.5, 0.6) is 0 Å². The van der Waals surface area contributed by atoms with Crippen LogP contribution >= 0.6 is 15.9 Å². The molecule has 1 heterocycles. The molecule has 6 heteroatoms. The number of hydrogen-bond acceptors (Lipinski definition) is 4. The Bertz CT molecular complexity index is 624. The first kappa shape index (κ1) is 14.5. The van der Waals surface area contributed by atoms with Gasteiger partial charge in [0, 0.05) is 15.7 Å². The van der Waals surface area contributed by atoms with Gasteiger partial charge in [-0.25, -0.2) is 4.68 Å². The van der Waals surface area contributed by atoms with E-state index in [1.54, 1.807) is 0 Å². The first-order valence-electron chi connectivity index (χ1n) is 7.52. The minimum atomic E-state index is 0.391. The van der Waals surface area contributed by atoms with Crippen LogP contribution in [-0.2, 0) is 0 Å². The highest BCUT2D eigenvalue weighted by atomic mass is 79.9. The number of rotatable bonds is 3. The van der Waals surface area contributed by atoms with Gasteiger partial charge < -0.3 is 5.73 Å². The maximum Gasteiger partial charge on any atom is 0.183 e. The van der Waals surface area contributed by atoms with E-state index >= 15 is 0 Å². The number of aromatic nitrogens is 4. The number of anilines is 1. The monoisotopic (exact) mass is 349 g/mol. The second kappa shape index (κ2) is 6.13. The number of hydrogen-bond donors (Lipinski definition) is 1. The first-order chi connectivity index (χ1) is 10.2. The average Bonchev–Trinajstić information content (AvgIpc) is 2.99. The van der Waals surface area contributed by atoms with Gasteiger partial charge in [-0.1, -0.05) is 42.1 Å². The SMILES string of the molecule is CCC1CCCC(n2nnnc2-c2cc(N)ccc2Br)C1. The number of nitrogen functional groups attached to an aromatic ring is 1. The predicted octanol–water partition coefficient (Wildman–Crippen LogP) is 3.83. The second-order valence-electron chi connectivity index (χ2n) is 5.78. The van der Waals surface area contributed by atoms with Crippen molar-refractivity contribution in [3.05, 3.63) is 22.7 Å². The summed E-state index contributed by atoms with van der Waals surface area (Å²) < 4.78 is 2.96. The Morgan fingerprint density at radius 3 is 3.05 bits per heavy atom. The molecular formula is C15H20BrN5. The van der Waals surface area contributed by atoms with Gasteiger partial charge in [0.15, 0.2) is 5.82 Å². The van der Waals surface area contributed by atoms with E-state index in [0.29, 0.717) is 6.04 Å². The Hall–Kier alpha value is -1.43. The van der Waals surface area contributed by atoms with Crippen LogP contribution in [0, 0.1) is 5.92 Å². The summed E-state index contributed by atoms with van der Waals surface area (Å²) in [6, 6.07) is 6.13. The van der Waals surface area contributed by atoms with Gasteiger partial charge in [-0.05, 0) is 47.4 Å². The number of benzene rings is 1. The Balaban J connectivity index is 1.95. The van der Waals surface area contributed by atoms with E-state index < -0.39 is 0 Å². The molecule has 5 nitrogen and oxygen atoms in total. The van der Waals surface area contributed by atoms with E-state index in [1.807, 2.05) is 22.9 Å². The fourth-order valence-electron chi connectivity index (χ4n) is 3.19. The highest BCUT2D eigenvalue weighted by Gasteiger charge is 2.26. The molecule has 2 atom stereocenters. The van der Waals surface area contributed by atoms with E-state index in [1.165, 1.54) is 19.3 Å². The third kappa shape index (κ3) is 2.95. The molecule has 112 valence electrons. The molecule has 1 fully saturated rings. The van der Waals surface area contributed by atoms with Crippen molar-refractivity contribution in [3.8, 4) is 11.4 Å². The van der Waals surface area contributed by atoms with E-state index in [-0.39, 0.29) is 0 Å². The zero-order valence-electron chi connectivity index (χ0n) is 12.2. The van der Waals surface area contributed by atoms with Crippen molar-refractivity contribution in [3.63, 3.8) is 0 Å². The number of nitrogens with zero attached hydrogens (tertiary/aromatic N) is 4. The highest BCUT2D eigenvalue weighted by Crippen LogP contribution is 2.37. The third-order valence-corrected chi connectivity index (χ3v) is 5.09. The maximum absolute atomic E-state index is 5.91. The van der Waals surface area contributed by atoms with Crippen molar-refractivity contribution in [2.45, 2.75) is 45.1 Å². The molecule has 2 aromatic rings. The van der Waals surface area contributed by atoms with E-state index in [9.17, 15) is 0 Å². The summed E-state index contributed by atoms with van der Waals surface area (Å²) in [6.07, 6.45) is 6.12. The molecule has 3 rings (SSSR count). The summed E-state index contributed by atoms with van der Waals surface area (Å²) in [7, 11) is 0. The molecule has 1 aromatic carbocycles. The fourth-order valence-corrected chi connectivity index (χ4v) is 3.61. The summed E-state index contributed by atoms with van der Waals surface area (Å²) in [5, 5.41) is 12.4. The van der Waals surface area contributed by atoms with Crippen molar-refractivity contribution in [1.29, 1.82) is 0 Å². The standard InChI is InChI=1S/C15H20BrN5/c1-2-10-4-3-5-12(8-10)21-15(18-19-20-21)13-9-11(17)6-7-14(13)16/h6-7,9-10,12H,2-5,8,17H2,1H3. The zero-order chi connectivity index (χ0) is 14.8. The first-order valence-corrected chi connectivity index (χ1v) is 8.31. The Morgan fingerprint density at radius 1 is 1.38 bits per heavy atom. The third-order valence-electron chi connectivity index (χ3n) is 4.40. The van der Waals surface area contributed by atoms with Crippen LogP contribution < -0.4 is 5.73 Å². The minimum absolute atomic E-state index is 0.391. The van der Waals surface area contributed by atoms with Crippen molar-refractivity contribution >= 4 is 21.6 Å². The van der Waals surface area contributed by atoms with Crippen LogP contribution in [0.25, 0.3) is 11.4 Å². The molecule has 0 amide bonds. The molecule has 2 unspecified atom stereocenters. The van der Waals surface area contributed by atoms with Gasteiger partial charge in [0.05, 0.1) is 6.04 Å².